The van der Waals surface area contributed by atoms with Gasteiger partial charge in [0.05, 0.1) is 6.33 Å². The number of aromatic nitrogens is 2. The lowest BCUT2D eigenvalue weighted by Crippen LogP contribution is -2.25. The average Bonchev–Trinajstić information content (AvgIpc) is 3.42. The molecule has 0 saturated carbocycles. The number of benzene rings is 1. The van der Waals surface area contributed by atoms with Crippen molar-refractivity contribution in [3.05, 3.63) is 54.6 Å². The summed E-state index contributed by atoms with van der Waals surface area (Å²) in [5, 5.41) is 0. The van der Waals surface area contributed by atoms with E-state index < -0.39 is 0 Å². The predicted molar refractivity (Wildman–Crippen MR) is 159 cm³/mol. The molecule has 0 amide bonds. The molecule has 0 aliphatic carbocycles. The first-order valence-electron chi connectivity index (χ1n) is 15.7. The van der Waals surface area contributed by atoms with Crippen molar-refractivity contribution in [2.24, 2.45) is 11.8 Å². The van der Waals surface area contributed by atoms with E-state index in [1.165, 1.54) is 121 Å². The van der Waals surface area contributed by atoms with Gasteiger partial charge in [-0.2, -0.15) is 0 Å². The fourth-order valence-corrected chi connectivity index (χ4v) is 5.83. The van der Waals surface area contributed by atoms with Crippen molar-refractivity contribution in [1.29, 1.82) is 0 Å². The van der Waals surface area contributed by atoms with Crippen LogP contribution in [0.2, 0.25) is 0 Å². The largest absolute Gasteiger partial charge is 0.334 e. The van der Waals surface area contributed by atoms with Crippen LogP contribution in [0.3, 0.4) is 0 Å². The van der Waals surface area contributed by atoms with E-state index in [0.717, 1.165) is 6.42 Å². The maximum Gasteiger partial charge on any atom is 0.0948 e. The minimum absolute atomic E-state index is 0.545. The van der Waals surface area contributed by atoms with Gasteiger partial charge in [0, 0.05) is 18.4 Å². The van der Waals surface area contributed by atoms with Crippen LogP contribution in [0.5, 0.6) is 0 Å². The Bertz CT molecular complexity index is 706. The van der Waals surface area contributed by atoms with Crippen LogP contribution in [0, 0.1) is 11.8 Å². The standard InChI is InChI=1S/C34H58N2/c1-4-5-6-7-8-9-10-11-12-13-14-15-16-17-18-19-23-26-34(36-28-27-35-30-36)33(31(2)3)29-32-24-21-20-22-25-32/h20-22,24-25,27-28,30-31,33-34H,4-19,23,26,29H2,1-3H3. The summed E-state index contributed by atoms with van der Waals surface area (Å²) in [5.74, 6) is 1.30. The number of hydrogen-bond donors (Lipinski definition) is 0. The third kappa shape index (κ3) is 13.7. The van der Waals surface area contributed by atoms with Gasteiger partial charge in [-0.3, -0.25) is 0 Å². The minimum Gasteiger partial charge on any atom is -0.334 e. The lowest BCUT2D eigenvalue weighted by Gasteiger charge is -2.31. The second kappa shape index (κ2) is 20.5. The van der Waals surface area contributed by atoms with E-state index in [1.807, 2.05) is 12.5 Å². The molecular formula is C34H58N2. The van der Waals surface area contributed by atoms with Gasteiger partial charge in [-0.05, 0) is 30.2 Å². The molecule has 1 aromatic heterocycles. The fourth-order valence-electron chi connectivity index (χ4n) is 5.83. The Morgan fingerprint density at radius 2 is 1.17 bits per heavy atom. The Kier molecular flexibility index (Phi) is 17.4. The van der Waals surface area contributed by atoms with Crippen LogP contribution >= 0.6 is 0 Å². The Hall–Kier alpha value is -1.57. The van der Waals surface area contributed by atoms with Gasteiger partial charge in [0.1, 0.15) is 0 Å². The van der Waals surface area contributed by atoms with Crippen molar-refractivity contribution in [2.75, 3.05) is 0 Å². The Morgan fingerprint density at radius 3 is 1.61 bits per heavy atom. The SMILES string of the molecule is CCCCCCCCCCCCCCCCCCCC(C(Cc1ccccc1)C(C)C)n1ccnc1. The summed E-state index contributed by atoms with van der Waals surface area (Å²) in [7, 11) is 0. The molecule has 0 radical (unpaired) electrons. The molecule has 2 nitrogen and oxygen atoms in total. The van der Waals surface area contributed by atoms with Crippen molar-refractivity contribution in [3.63, 3.8) is 0 Å². The van der Waals surface area contributed by atoms with Crippen molar-refractivity contribution in [2.45, 2.75) is 149 Å². The highest BCUT2D eigenvalue weighted by Gasteiger charge is 2.25. The van der Waals surface area contributed by atoms with E-state index in [2.05, 4.69) is 66.9 Å². The summed E-state index contributed by atoms with van der Waals surface area (Å²) in [6, 6.07) is 11.6. The molecule has 2 atom stereocenters. The van der Waals surface area contributed by atoms with Gasteiger partial charge in [0.15, 0.2) is 0 Å². The molecule has 204 valence electrons. The summed E-state index contributed by atoms with van der Waals surface area (Å²) in [6.07, 6.45) is 32.9. The third-order valence-corrected chi connectivity index (χ3v) is 8.18. The maximum absolute atomic E-state index is 4.38. The molecule has 2 rings (SSSR count). The van der Waals surface area contributed by atoms with E-state index in [1.54, 1.807) is 0 Å². The molecule has 0 fully saturated rings. The number of rotatable bonds is 23. The summed E-state index contributed by atoms with van der Waals surface area (Å²) in [6.45, 7) is 7.09. The Morgan fingerprint density at radius 1 is 0.667 bits per heavy atom. The molecule has 2 heteroatoms. The van der Waals surface area contributed by atoms with E-state index >= 15 is 0 Å². The first-order chi connectivity index (χ1) is 17.7. The molecule has 2 aromatic rings. The van der Waals surface area contributed by atoms with E-state index in [-0.39, 0.29) is 0 Å². The topological polar surface area (TPSA) is 17.8 Å². The second-order valence-corrected chi connectivity index (χ2v) is 11.6. The van der Waals surface area contributed by atoms with E-state index in [9.17, 15) is 0 Å². The van der Waals surface area contributed by atoms with Crippen LogP contribution in [0.25, 0.3) is 0 Å². The molecule has 1 heterocycles. The average molecular weight is 495 g/mol. The first-order valence-corrected chi connectivity index (χ1v) is 15.7. The second-order valence-electron chi connectivity index (χ2n) is 11.6. The first kappa shape index (κ1) is 30.7. The van der Waals surface area contributed by atoms with Gasteiger partial charge < -0.3 is 4.57 Å². The third-order valence-electron chi connectivity index (χ3n) is 8.18. The van der Waals surface area contributed by atoms with Gasteiger partial charge in [0.2, 0.25) is 0 Å². The number of unbranched alkanes of at least 4 members (excludes halogenated alkanes) is 16. The Labute approximate surface area is 224 Å². The van der Waals surface area contributed by atoms with E-state index in [0.29, 0.717) is 17.9 Å². The van der Waals surface area contributed by atoms with Crippen LogP contribution in [-0.4, -0.2) is 9.55 Å². The number of nitrogens with zero attached hydrogens (tertiary/aromatic N) is 2. The highest BCUT2D eigenvalue weighted by molar-refractivity contribution is 5.15. The van der Waals surface area contributed by atoms with Crippen LogP contribution in [0.4, 0.5) is 0 Å². The van der Waals surface area contributed by atoms with Crippen molar-refractivity contribution < 1.29 is 0 Å². The summed E-state index contributed by atoms with van der Waals surface area (Å²) < 4.78 is 2.39. The lowest BCUT2D eigenvalue weighted by molar-refractivity contribution is 0.233. The van der Waals surface area contributed by atoms with E-state index in [4.69, 9.17) is 0 Å². The molecule has 0 saturated heterocycles. The quantitative estimate of drug-likeness (QED) is 0.140. The summed E-state index contributed by atoms with van der Waals surface area (Å²) in [4.78, 5) is 4.38. The number of imidazole rings is 1. The number of hydrogen-bond acceptors (Lipinski definition) is 1. The normalized spacial score (nSPS) is 13.3. The van der Waals surface area contributed by atoms with Crippen LogP contribution < -0.4 is 0 Å². The maximum atomic E-state index is 4.38. The molecular weight excluding hydrogens is 436 g/mol. The summed E-state index contributed by atoms with van der Waals surface area (Å²) >= 11 is 0. The van der Waals surface area contributed by atoms with Crippen LogP contribution in [0.1, 0.15) is 148 Å². The smallest absolute Gasteiger partial charge is 0.0948 e. The lowest BCUT2D eigenvalue weighted by atomic mass is 9.81. The zero-order valence-corrected chi connectivity index (χ0v) is 24.2. The van der Waals surface area contributed by atoms with Gasteiger partial charge in [-0.15, -0.1) is 0 Å². The molecule has 0 spiro atoms. The van der Waals surface area contributed by atoms with Gasteiger partial charge in [-0.1, -0.05) is 160 Å². The van der Waals surface area contributed by atoms with Gasteiger partial charge >= 0.3 is 0 Å². The van der Waals surface area contributed by atoms with Gasteiger partial charge in [0.25, 0.3) is 0 Å². The highest BCUT2D eigenvalue weighted by atomic mass is 15.1. The zero-order valence-electron chi connectivity index (χ0n) is 24.2. The summed E-state index contributed by atoms with van der Waals surface area (Å²) in [5.41, 5.74) is 1.46. The van der Waals surface area contributed by atoms with Crippen LogP contribution in [0.15, 0.2) is 49.1 Å². The predicted octanol–water partition coefficient (Wildman–Crippen LogP) is 11.0. The highest BCUT2D eigenvalue weighted by Crippen LogP contribution is 2.33. The van der Waals surface area contributed by atoms with Crippen molar-refractivity contribution >= 4 is 0 Å². The molecule has 0 N–H and O–H groups in total. The monoisotopic (exact) mass is 494 g/mol. The zero-order chi connectivity index (χ0) is 25.7. The molecule has 0 aliphatic rings. The fraction of sp³-hybridized carbons (Fsp3) is 0.735. The Balaban J connectivity index is 1.54. The molecule has 0 aliphatic heterocycles. The molecule has 36 heavy (non-hydrogen) atoms. The van der Waals surface area contributed by atoms with Gasteiger partial charge in [-0.25, -0.2) is 4.98 Å². The minimum atomic E-state index is 0.545. The molecule has 1 aromatic carbocycles. The van der Waals surface area contributed by atoms with Crippen molar-refractivity contribution in [3.8, 4) is 0 Å². The van der Waals surface area contributed by atoms with Crippen LogP contribution in [-0.2, 0) is 6.42 Å². The molecule has 0 bridgehead atoms. The molecule has 2 unspecified atom stereocenters. The van der Waals surface area contributed by atoms with Crippen molar-refractivity contribution in [1.82, 2.24) is 9.55 Å².